The fourth-order valence-corrected chi connectivity index (χ4v) is 1.61. The normalized spacial score (nSPS) is 14.8. The Morgan fingerprint density at radius 1 is 1.71 bits per heavy atom. The largest absolute Gasteiger partial charge is 0.368 e. The molecule has 2 unspecified atom stereocenters. The van der Waals surface area contributed by atoms with E-state index in [9.17, 15) is 4.21 Å². The summed E-state index contributed by atoms with van der Waals surface area (Å²) in [7, 11) is -0.799. The van der Waals surface area contributed by atoms with E-state index in [0.717, 1.165) is 9.39 Å². The van der Waals surface area contributed by atoms with Crippen LogP contribution in [0.25, 0.3) is 0 Å². The van der Waals surface area contributed by atoms with Gasteiger partial charge in [-0.3, -0.25) is 4.21 Å². The minimum atomic E-state index is -0.799. The Bertz CT molecular complexity index is 334. The van der Waals surface area contributed by atoms with Crippen LogP contribution < -0.4 is 5.32 Å². The van der Waals surface area contributed by atoms with Crippen LogP contribution in [0, 0.1) is 3.57 Å². The molecule has 0 bridgehead atoms. The van der Waals surface area contributed by atoms with Crippen LogP contribution in [0.3, 0.4) is 0 Å². The molecule has 0 aliphatic rings. The second-order valence-corrected chi connectivity index (χ2v) is 5.87. The predicted octanol–water partition coefficient (Wildman–Crippen LogP) is 1.26. The molecule has 0 saturated carbocycles. The molecule has 0 spiro atoms. The zero-order valence-corrected chi connectivity index (χ0v) is 11.0. The average molecular weight is 325 g/mol. The van der Waals surface area contributed by atoms with Crippen molar-refractivity contribution in [1.29, 1.82) is 0 Å². The summed E-state index contributed by atoms with van der Waals surface area (Å²) in [5.41, 5.74) is 0. The van der Waals surface area contributed by atoms with Crippen molar-refractivity contribution in [1.82, 2.24) is 9.97 Å². The number of aromatic nitrogens is 2. The molecule has 1 N–H and O–H groups in total. The van der Waals surface area contributed by atoms with Gasteiger partial charge < -0.3 is 5.32 Å². The maximum Gasteiger partial charge on any atom is 0.142 e. The van der Waals surface area contributed by atoms with E-state index in [4.69, 9.17) is 0 Å². The van der Waals surface area contributed by atoms with Crippen molar-refractivity contribution in [3.05, 3.63) is 16.1 Å². The average Bonchev–Trinajstić information content (AvgIpc) is 2.16. The fraction of sp³-hybridized carbons (Fsp3) is 0.500. The highest BCUT2D eigenvalue weighted by Gasteiger charge is 2.07. The fourth-order valence-electron chi connectivity index (χ4n) is 0.800. The number of rotatable bonds is 4. The molecular formula is C8H12IN3OS. The van der Waals surface area contributed by atoms with Crippen LogP contribution in [0.2, 0.25) is 0 Å². The molecule has 0 radical (unpaired) electrons. The number of nitrogens with zero attached hydrogens (tertiary/aromatic N) is 2. The minimum Gasteiger partial charge on any atom is -0.368 e. The van der Waals surface area contributed by atoms with Crippen molar-refractivity contribution in [2.75, 3.05) is 18.1 Å². The molecule has 6 heteroatoms. The highest BCUT2D eigenvalue weighted by molar-refractivity contribution is 14.1. The Morgan fingerprint density at radius 2 is 2.43 bits per heavy atom. The van der Waals surface area contributed by atoms with Gasteiger partial charge in [-0.05, 0) is 29.5 Å². The maximum absolute atomic E-state index is 11.1. The number of halogens is 1. The number of hydrogen-bond acceptors (Lipinski definition) is 4. The number of nitrogens with one attached hydrogen (secondary N) is 1. The van der Waals surface area contributed by atoms with Gasteiger partial charge in [-0.1, -0.05) is 0 Å². The summed E-state index contributed by atoms with van der Waals surface area (Å²) in [5, 5.41) is 3.27. The summed E-state index contributed by atoms with van der Waals surface area (Å²) in [5.74, 6) is 0.804. The summed E-state index contributed by atoms with van der Waals surface area (Å²) in [6.07, 6.45) is 4.94. The van der Waals surface area contributed by atoms with Crippen LogP contribution in [0.5, 0.6) is 0 Å². The molecule has 1 aromatic rings. The van der Waals surface area contributed by atoms with E-state index >= 15 is 0 Å². The van der Waals surface area contributed by atoms with Crippen molar-refractivity contribution < 1.29 is 4.21 Å². The first-order chi connectivity index (χ1) is 6.61. The van der Waals surface area contributed by atoms with E-state index in [1.165, 1.54) is 6.33 Å². The highest BCUT2D eigenvalue weighted by Crippen LogP contribution is 2.12. The van der Waals surface area contributed by atoms with E-state index < -0.39 is 10.8 Å². The third-order valence-corrected chi connectivity index (χ3v) is 3.88. The molecule has 0 amide bonds. The van der Waals surface area contributed by atoms with E-state index in [1.54, 1.807) is 12.5 Å². The molecule has 0 aromatic carbocycles. The van der Waals surface area contributed by atoms with E-state index in [1.807, 2.05) is 6.92 Å². The zero-order chi connectivity index (χ0) is 10.6. The molecule has 1 aromatic heterocycles. The predicted molar refractivity (Wildman–Crippen MR) is 66.8 cm³/mol. The Kier molecular flexibility index (Phi) is 4.73. The summed E-state index contributed by atoms with van der Waals surface area (Å²) in [6.45, 7) is 2.60. The van der Waals surface area contributed by atoms with Gasteiger partial charge in [0.1, 0.15) is 12.1 Å². The first-order valence-corrected chi connectivity index (χ1v) is 6.83. The van der Waals surface area contributed by atoms with Crippen LogP contribution >= 0.6 is 22.6 Å². The Hall–Kier alpha value is -0.240. The Morgan fingerprint density at radius 3 is 3.00 bits per heavy atom. The molecule has 1 rings (SSSR count). The van der Waals surface area contributed by atoms with Crippen LogP contribution in [0.15, 0.2) is 12.5 Å². The van der Waals surface area contributed by atoms with Gasteiger partial charge >= 0.3 is 0 Å². The third-order valence-electron chi connectivity index (χ3n) is 1.79. The molecule has 0 aliphatic carbocycles. The van der Waals surface area contributed by atoms with Gasteiger partial charge in [-0.15, -0.1) is 0 Å². The molecule has 2 atom stereocenters. The van der Waals surface area contributed by atoms with Gasteiger partial charge in [-0.25, -0.2) is 9.97 Å². The topological polar surface area (TPSA) is 54.9 Å². The molecule has 1 heterocycles. The maximum atomic E-state index is 11.1. The molecule has 78 valence electrons. The third kappa shape index (κ3) is 3.49. The van der Waals surface area contributed by atoms with Crippen molar-refractivity contribution in [2.24, 2.45) is 0 Å². The lowest BCUT2D eigenvalue weighted by molar-refractivity contribution is 0.678. The van der Waals surface area contributed by atoms with Crippen LogP contribution in [-0.4, -0.2) is 32.2 Å². The van der Waals surface area contributed by atoms with Gasteiger partial charge in [0.2, 0.25) is 0 Å². The summed E-state index contributed by atoms with van der Waals surface area (Å²) in [4.78, 5) is 7.97. The van der Waals surface area contributed by atoms with E-state index in [2.05, 4.69) is 37.9 Å². The zero-order valence-electron chi connectivity index (χ0n) is 8.03. The first-order valence-electron chi connectivity index (χ1n) is 4.13. The molecule has 4 nitrogen and oxygen atoms in total. The lowest BCUT2D eigenvalue weighted by Crippen LogP contribution is -2.21. The van der Waals surface area contributed by atoms with Crippen LogP contribution in [0.1, 0.15) is 6.92 Å². The van der Waals surface area contributed by atoms with Gasteiger partial charge in [-0.2, -0.15) is 0 Å². The van der Waals surface area contributed by atoms with Gasteiger partial charge in [0, 0.05) is 35.0 Å². The molecule has 14 heavy (non-hydrogen) atoms. The lowest BCUT2D eigenvalue weighted by Gasteiger charge is -2.10. The monoisotopic (exact) mass is 325 g/mol. The summed E-state index contributed by atoms with van der Waals surface area (Å²) in [6, 6.07) is 0. The number of hydrogen-bond donors (Lipinski definition) is 1. The first kappa shape index (κ1) is 11.8. The van der Waals surface area contributed by atoms with Crippen LogP contribution in [-0.2, 0) is 10.8 Å². The summed E-state index contributed by atoms with van der Waals surface area (Å²) < 4.78 is 12.1. The van der Waals surface area contributed by atoms with Gasteiger partial charge in [0.15, 0.2) is 0 Å². The number of anilines is 1. The second kappa shape index (κ2) is 5.59. The van der Waals surface area contributed by atoms with Gasteiger partial charge in [0.25, 0.3) is 0 Å². The quantitative estimate of drug-likeness (QED) is 0.847. The molecular weight excluding hydrogens is 313 g/mol. The standard InChI is InChI=1S/C8H12IN3OS/c1-6(14(2)13)3-11-8-7(9)4-10-5-12-8/h4-6H,3H2,1-2H3,(H,10,11,12). The minimum absolute atomic E-state index is 0.126. The Labute approximate surface area is 99.5 Å². The molecule has 0 fully saturated rings. The Balaban J connectivity index is 2.54. The van der Waals surface area contributed by atoms with Crippen molar-refractivity contribution in [3.8, 4) is 0 Å². The van der Waals surface area contributed by atoms with E-state index in [-0.39, 0.29) is 5.25 Å². The smallest absolute Gasteiger partial charge is 0.142 e. The SMILES string of the molecule is CC(CNc1ncncc1I)S(C)=O. The second-order valence-electron chi connectivity index (χ2n) is 2.91. The molecule has 0 aliphatic heterocycles. The highest BCUT2D eigenvalue weighted by atomic mass is 127. The molecule has 0 saturated heterocycles. The van der Waals surface area contributed by atoms with Gasteiger partial charge in [0.05, 0.1) is 3.57 Å². The van der Waals surface area contributed by atoms with Crippen molar-refractivity contribution in [2.45, 2.75) is 12.2 Å². The lowest BCUT2D eigenvalue weighted by atomic mass is 10.4. The van der Waals surface area contributed by atoms with Crippen molar-refractivity contribution in [3.63, 3.8) is 0 Å². The summed E-state index contributed by atoms with van der Waals surface area (Å²) >= 11 is 2.16. The van der Waals surface area contributed by atoms with Crippen molar-refractivity contribution >= 4 is 39.2 Å². The van der Waals surface area contributed by atoms with Crippen LogP contribution in [0.4, 0.5) is 5.82 Å². The van der Waals surface area contributed by atoms with E-state index in [0.29, 0.717) is 6.54 Å².